The van der Waals surface area contributed by atoms with E-state index >= 15 is 0 Å². The molecule has 1 rings (SSSR count). The minimum atomic E-state index is -0.445. The fourth-order valence-electron chi connectivity index (χ4n) is 0.607. The van der Waals surface area contributed by atoms with Gasteiger partial charge in [0.1, 0.15) is 0 Å². The van der Waals surface area contributed by atoms with Gasteiger partial charge in [-0.2, -0.15) is 0 Å². The van der Waals surface area contributed by atoms with Crippen molar-refractivity contribution >= 4 is 18.3 Å². The zero-order valence-electron chi connectivity index (χ0n) is 8.60. The van der Waals surface area contributed by atoms with Gasteiger partial charge in [-0.05, 0) is 6.07 Å². The van der Waals surface area contributed by atoms with Gasteiger partial charge >= 0.3 is 0 Å². The van der Waals surface area contributed by atoms with E-state index in [1.165, 1.54) is 12.1 Å². The van der Waals surface area contributed by atoms with Crippen LogP contribution in [0.5, 0.6) is 0 Å². The van der Waals surface area contributed by atoms with Gasteiger partial charge in [-0.25, -0.2) is 0 Å². The summed E-state index contributed by atoms with van der Waals surface area (Å²) in [6.07, 6.45) is 0. The third-order valence-electron chi connectivity index (χ3n) is 1.04. The Morgan fingerprint density at radius 1 is 1.36 bits per heavy atom. The van der Waals surface area contributed by atoms with E-state index in [2.05, 4.69) is 12.6 Å². The molecule has 77 valence electrons. The molecule has 0 atom stereocenters. The fraction of sp³-hybridized carbons (Fsp3) is 0.222. The molecule has 0 aliphatic heterocycles. The Morgan fingerprint density at radius 2 is 1.86 bits per heavy atom. The molecule has 0 unspecified atom stereocenters. The number of thiol groups is 1. The van der Waals surface area contributed by atoms with Crippen molar-refractivity contribution in [3.05, 3.63) is 41.8 Å². The van der Waals surface area contributed by atoms with Crippen molar-refractivity contribution in [1.82, 2.24) is 0 Å². The van der Waals surface area contributed by atoms with Crippen LogP contribution in [-0.4, -0.2) is 4.92 Å². The molecule has 0 amide bonds. The topological polar surface area (TPSA) is 43.1 Å². The smallest absolute Gasteiger partial charge is 0.270 e. The monoisotopic (exact) mass is 289 g/mol. The first-order valence-corrected chi connectivity index (χ1v) is 4.08. The molecule has 14 heavy (non-hydrogen) atoms. The molecule has 1 aromatic carbocycles. The number of nitro groups is 1. The largest absolute Gasteiger partial charge is 0.358 e. The standard InChI is InChI=1S/C6H5NO2S.C2H6.CH3.Y/c8-7(9)5-2-1-3-6(10)4-5;1-2;;/h1-4,10H;1-2H3;1H3;/q;;-1;. The summed E-state index contributed by atoms with van der Waals surface area (Å²) in [5.74, 6) is 0. The van der Waals surface area contributed by atoms with Crippen molar-refractivity contribution in [1.29, 1.82) is 0 Å². The molecule has 0 heterocycles. The van der Waals surface area contributed by atoms with E-state index in [1.54, 1.807) is 12.1 Å². The van der Waals surface area contributed by atoms with Gasteiger partial charge in [-0.3, -0.25) is 10.1 Å². The molecule has 5 heteroatoms. The second-order valence-electron chi connectivity index (χ2n) is 1.78. The van der Waals surface area contributed by atoms with Crippen LogP contribution in [0.3, 0.4) is 0 Å². The van der Waals surface area contributed by atoms with Crippen LogP contribution in [0.1, 0.15) is 13.8 Å². The molecule has 3 nitrogen and oxygen atoms in total. The van der Waals surface area contributed by atoms with Gasteiger partial charge in [-0.1, -0.05) is 19.9 Å². The number of nitrogens with zero attached hydrogens (tertiary/aromatic N) is 1. The summed E-state index contributed by atoms with van der Waals surface area (Å²) < 4.78 is 0. The molecule has 0 fully saturated rings. The van der Waals surface area contributed by atoms with Gasteiger partial charge in [0.25, 0.3) is 5.69 Å². The van der Waals surface area contributed by atoms with E-state index < -0.39 is 4.92 Å². The van der Waals surface area contributed by atoms with Crippen LogP contribution < -0.4 is 0 Å². The molecule has 0 N–H and O–H groups in total. The van der Waals surface area contributed by atoms with Gasteiger partial charge in [0, 0.05) is 49.7 Å². The summed E-state index contributed by atoms with van der Waals surface area (Å²) in [7, 11) is 0. The van der Waals surface area contributed by atoms with Crippen LogP contribution in [0, 0.1) is 17.5 Å². The summed E-state index contributed by atoms with van der Waals surface area (Å²) >= 11 is 3.94. The quantitative estimate of drug-likeness (QED) is 0.373. The number of non-ortho nitro benzene ring substituents is 1. The van der Waals surface area contributed by atoms with E-state index in [0.717, 1.165) is 0 Å². The van der Waals surface area contributed by atoms with Gasteiger partial charge in [0.05, 0.1) is 4.92 Å². The number of hydrogen-bond donors (Lipinski definition) is 1. The van der Waals surface area contributed by atoms with Crippen LogP contribution >= 0.6 is 12.6 Å². The van der Waals surface area contributed by atoms with Crippen molar-refractivity contribution in [3.63, 3.8) is 0 Å². The summed E-state index contributed by atoms with van der Waals surface area (Å²) in [5, 5.41) is 10.1. The Hall–Kier alpha value is 0.0739. The van der Waals surface area contributed by atoms with Crippen molar-refractivity contribution in [2.45, 2.75) is 18.7 Å². The third kappa shape index (κ3) is 7.48. The van der Waals surface area contributed by atoms with Crippen LogP contribution in [0.4, 0.5) is 5.69 Å². The first-order valence-electron chi connectivity index (χ1n) is 3.63. The Labute approximate surface area is 116 Å². The fourth-order valence-corrected chi connectivity index (χ4v) is 0.825. The molecular formula is C9H14NO2SY-. The van der Waals surface area contributed by atoms with Crippen molar-refractivity contribution in [2.24, 2.45) is 0 Å². The molecule has 0 saturated heterocycles. The number of nitro benzene ring substituents is 1. The molecule has 0 aromatic heterocycles. The van der Waals surface area contributed by atoms with Crippen LogP contribution in [0.25, 0.3) is 0 Å². The molecule has 0 spiro atoms. The maximum atomic E-state index is 10.1. The Balaban J connectivity index is -0.000000284. The molecule has 1 aromatic rings. The second kappa shape index (κ2) is 11.2. The van der Waals surface area contributed by atoms with Gasteiger partial charge in [-0.15, -0.1) is 12.6 Å². The SMILES string of the molecule is CC.O=[N+]([O-])c1cccc(S)c1.[CH3-].[Y]. The summed E-state index contributed by atoms with van der Waals surface area (Å²) in [4.78, 5) is 10.3. The van der Waals surface area contributed by atoms with E-state index in [0.29, 0.717) is 4.90 Å². The van der Waals surface area contributed by atoms with Crippen molar-refractivity contribution < 1.29 is 37.6 Å². The molecule has 0 bridgehead atoms. The Kier molecular flexibility index (Phi) is 15.6. The molecule has 0 saturated carbocycles. The van der Waals surface area contributed by atoms with E-state index in [-0.39, 0.29) is 45.8 Å². The van der Waals surface area contributed by atoms with E-state index in [1.807, 2.05) is 13.8 Å². The number of benzene rings is 1. The van der Waals surface area contributed by atoms with Gasteiger partial charge in [0.2, 0.25) is 0 Å². The predicted molar refractivity (Wildman–Crippen MR) is 58.1 cm³/mol. The van der Waals surface area contributed by atoms with E-state index in [9.17, 15) is 10.1 Å². The zero-order chi connectivity index (χ0) is 9.56. The van der Waals surface area contributed by atoms with E-state index in [4.69, 9.17) is 0 Å². The minimum Gasteiger partial charge on any atom is -0.358 e. The first-order chi connectivity index (χ1) is 5.70. The number of hydrogen-bond acceptors (Lipinski definition) is 3. The van der Waals surface area contributed by atoms with Crippen molar-refractivity contribution in [2.75, 3.05) is 0 Å². The first kappa shape index (κ1) is 19.6. The summed E-state index contributed by atoms with van der Waals surface area (Å²) in [6, 6.07) is 6.12. The van der Waals surface area contributed by atoms with Crippen LogP contribution in [0.15, 0.2) is 29.2 Å². The maximum Gasteiger partial charge on any atom is 0.270 e. The molecule has 1 radical (unpaired) electrons. The second-order valence-corrected chi connectivity index (χ2v) is 2.29. The molecule has 0 aliphatic rings. The average molecular weight is 289 g/mol. The third-order valence-corrected chi connectivity index (χ3v) is 1.32. The van der Waals surface area contributed by atoms with Gasteiger partial charge in [0.15, 0.2) is 0 Å². The van der Waals surface area contributed by atoms with Crippen LogP contribution in [0.2, 0.25) is 0 Å². The minimum absolute atomic E-state index is 0. The number of rotatable bonds is 1. The molecular weight excluding hydrogens is 275 g/mol. The van der Waals surface area contributed by atoms with Crippen LogP contribution in [-0.2, 0) is 32.7 Å². The predicted octanol–water partition coefficient (Wildman–Crippen LogP) is 3.36. The Bertz CT molecular complexity index is 269. The Morgan fingerprint density at radius 3 is 2.14 bits per heavy atom. The summed E-state index contributed by atoms with van der Waals surface area (Å²) in [6.45, 7) is 4.00. The van der Waals surface area contributed by atoms with Gasteiger partial charge < -0.3 is 7.43 Å². The molecule has 0 aliphatic carbocycles. The maximum absolute atomic E-state index is 10.1. The zero-order valence-corrected chi connectivity index (χ0v) is 12.3. The normalized spacial score (nSPS) is 7.07. The summed E-state index contributed by atoms with van der Waals surface area (Å²) in [5.41, 5.74) is 0.0764. The van der Waals surface area contributed by atoms with Crippen molar-refractivity contribution in [3.8, 4) is 0 Å². The average Bonchev–Trinajstić information content (AvgIpc) is 2.08.